The quantitative estimate of drug-likeness (QED) is 0.475. The molecule has 5 N–H and O–H groups in total. The number of ether oxygens (including phenoxy) is 1. The third kappa shape index (κ3) is 2.75. The van der Waals surface area contributed by atoms with Gasteiger partial charge in [-0.3, -0.25) is 0 Å². The lowest BCUT2D eigenvalue weighted by Crippen LogP contribution is -2.18. The molecule has 0 bridgehead atoms. The summed E-state index contributed by atoms with van der Waals surface area (Å²) >= 11 is 0. The Hall–Kier alpha value is -3.80. The van der Waals surface area contributed by atoms with Crippen molar-refractivity contribution in [3.63, 3.8) is 0 Å². The highest BCUT2D eigenvalue weighted by Gasteiger charge is 2.30. The number of rotatable bonds is 4. The Morgan fingerprint density at radius 3 is 2.04 bits per heavy atom. The number of esters is 1. The summed E-state index contributed by atoms with van der Waals surface area (Å²) in [4.78, 5) is 24.2. The van der Waals surface area contributed by atoms with Gasteiger partial charge in [0.15, 0.2) is 0 Å². The number of aromatic carboxylic acids is 1. The molecule has 0 unspecified atom stereocenters. The number of anilines is 2. The predicted octanol–water partition coefficient (Wildman–Crippen LogP) is 3.52. The Kier molecular flexibility index (Phi) is 4.24. The number of hydrogen-bond donors (Lipinski definition) is 3. The van der Waals surface area contributed by atoms with Gasteiger partial charge in [0.1, 0.15) is 6.61 Å². The lowest BCUT2D eigenvalue weighted by molar-refractivity contribution is 0.0485. The highest BCUT2D eigenvalue weighted by molar-refractivity contribution is 6.08. The molecule has 0 heterocycles. The maximum atomic E-state index is 12.7. The second-order valence-corrected chi connectivity index (χ2v) is 6.62. The minimum Gasteiger partial charge on any atom is -0.478 e. The summed E-state index contributed by atoms with van der Waals surface area (Å²) in [7, 11) is 0. The van der Waals surface area contributed by atoms with Crippen molar-refractivity contribution < 1.29 is 19.4 Å². The number of nitrogen functional groups attached to an aromatic ring is 2. The van der Waals surface area contributed by atoms with E-state index in [4.69, 9.17) is 16.2 Å². The van der Waals surface area contributed by atoms with Crippen molar-refractivity contribution in [2.75, 3.05) is 18.1 Å². The first-order chi connectivity index (χ1) is 13.5. The average Bonchev–Trinajstić information content (AvgIpc) is 3.02. The van der Waals surface area contributed by atoms with Crippen LogP contribution in [0.3, 0.4) is 0 Å². The molecule has 0 aliphatic heterocycles. The third-order valence-corrected chi connectivity index (χ3v) is 5.06. The highest BCUT2D eigenvalue weighted by Crippen LogP contribution is 2.44. The second kappa shape index (κ2) is 6.74. The molecule has 4 rings (SSSR count). The SMILES string of the molecule is Nc1ccc(C(=O)O)c(C(=O)OCC2c3ccccc3-c3ccccc32)c1N. The zero-order valence-corrected chi connectivity index (χ0v) is 14.9. The van der Waals surface area contributed by atoms with Crippen LogP contribution in [-0.4, -0.2) is 23.7 Å². The Morgan fingerprint density at radius 2 is 1.46 bits per heavy atom. The molecule has 1 aliphatic carbocycles. The summed E-state index contributed by atoms with van der Waals surface area (Å²) < 4.78 is 5.51. The molecule has 1 aliphatic rings. The zero-order valence-electron chi connectivity index (χ0n) is 14.9. The van der Waals surface area contributed by atoms with Gasteiger partial charge in [-0.2, -0.15) is 0 Å². The molecule has 0 aromatic heterocycles. The van der Waals surface area contributed by atoms with Gasteiger partial charge in [-0.05, 0) is 34.4 Å². The van der Waals surface area contributed by atoms with Gasteiger partial charge < -0.3 is 21.3 Å². The van der Waals surface area contributed by atoms with E-state index in [1.54, 1.807) is 0 Å². The molecule has 0 saturated heterocycles. The molecule has 140 valence electrons. The van der Waals surface area contributed by atoms with E-state index >= 15 is 0 Å². The first kappa shape index (κ1) is 17.6. The molecule has 0 spiro atoms. The summed E-state index contributed by atoms with van der Waals surface area (Å²) in [5.74, 6) is -2.20. The van der Waals surface area contributed by atoms with Crippen molar-refractivity contribution >= 4 is 23.3 Å². The normalized spacial score (nSPS) is 12.3. The van der Waals surface area contributed by atoms with Gasteiger partial charge in [-0.1, -0.05) is 48.5 Å². The number of carboxylic acid groups (broad SMARTS) is 1. The topological polar surface area (TPSA) is 116 Å². The average molecular weight is 374 g/mol. The van der Waals surface area contributed by atoms with Crippen LogP contribution in [0, 0.1) is 0 Å². The fraction of sp³-hybridized carbons (Fsp3) is 0.0909. The molecular weight excluding hydrogens is 356 g/mol. The number of carbonyl (C=O) groups excluding carboxylic acids is 1. The Balaban J connectivity index is 1.65. The Morgan fingerprint density at radius 1 is 0.893 bits per heavy atom. The lowest BCUT2D eigenvalue weighted by Gasteiger charge is -2.16. The van der Waals surface area contributed by atoms with Crippen LogP contribution in [0.1, 0.15) is 37.8 Å². The fourth-order valence-corrected chi connectivity index (χ4v) is 3.70. The van der Waals surface area contributed by atoms with Crippen LogP contribution >= 0.6 is 0 Å². The van der Waals surface area contributed by atoms with Crippen LogP contribution in [0.5, 0.6) is 0 Å². The van der Waals surface area contributed by atoms with Crippen LogP contribution in [0.15, 0.2) is 60.7 Å². The van der Waals surface area contributed by atoms with E-state index in [0.717, 1.165) is 22.3 Å². The molecule has 6 nitrogen and oxygen atoms in total. The molecule has 3 aromatic rings. The van der Waals surface area contributed by atoms with Crippen molar-refractivity contribution in [3.05, 3.63) is 82.9 Å². The smallest absolute Gasteiger partial charge is 0.341 e. The first-order valence-electron chi connectivity index (χ1n) is 8.75. The van der Waals surface area contributed by atoms with Gasteiger partial charge in [0.05, 0.1) is 22.5 Å². The van der Waals surface area contributed by atoms with Gasteiger partial charge in [0.25, 0.3) is 0 Å². The summed E-state index contributed by atoms with van der Waals surface area (Å²) in [5, 5.41) is 9.37. The summed E-state index contributed by atoms with van der Waals surface area (Å²) in [6.45, 7) is 0.0696. The van der Waals surface area contributed by atoms with Gasteiger partial charge in [-0.15, -0.1) is 0 Å². The Labute approximate surface area is 161 Å². The van der Waals surface area contributed by atoms with Crippen molar-refractivity contribution in [2.45, 2.75) is 5.92 Å². The van der Waals surface area contributed by atoms with Crippen LogP contribution in [0.4, 0.5) is 11.4 Å². The van der Waals surface area contributed by atoms with Crippen molar-refractivity contribution in [2.24, 2.45) is 0 Å². The van der Waals surface area contributed by atoms with Crippen LogP contribution in [0.2, 0.25) is 0 Å². The number of nitrogens with two attached hydrogens (primary N) is 2. The standard InChI is InChI=1S/C22H18N2O4/c23-18-10-9-16(21(25)26)19(20(18)24)22(27)28-11-17-14-7-3-1-5-12(14)13-6-2-4-8-15(13)17/h1-10,17H,11,23-24H2,(H,25,26). The van der Waals surface area contributed by atoms with E-state index in [-0.39, 0.29) is 35.0 Å². The maximum Gasteiger partial charge on any atom is 0.341 e. The van der Waals surface area contributed by atoms with Crippen LogP contribution in [0.25, 0.3) is 11.1 Å². The van der Waals surface area contributed by atoms with Gasteiger partial charge in [-0.25, -0.2) is 9.59 Å². The highest BCUT2D eigenvalue weighted by atomic mass is 16.5. The van der Waals surface area contributed by atoms with E-state index in [1.165, 1.54) is 12.1 Å². The van der Waals surface area contributed by atoms with E-state index in [1.807, 2.05) is 48.5 Å². The molecule has 0 radical (unpaired) electrons. The van der Waals surface area contributed by atoms with E-state index in [9.17, 15) is 14.7 Å². The van der Waals surface area contributed by atoms with Crippen molar-refractivity contribution in [3.8, 4) is 11.1 Å². The fourth-order valence-electron chi connectivity index (χ4n) is 3.70. The second-order valence-electron chi connectivity index (χ2n) is 6.62. The number of carbonyl (C=O) groups is 2. The minimum atomic E-state index is -1.27. The number of fused-ring (bicyclic) bond motifs is 3. The number of carboxylic acids is 1. The third-order valence-electron chi connectivity index (χ3n) is 5.06. The van der Waals surface area contributed by atoms with Gasteiger partial charge in [0.2, 0.25) is 0 Å². The summed E-state index contributed by atoms with van der Waals surface area (Å²) in [6.07, 6.45) is 0. The number of hydrogen-bond acceptors (Lipinski definition) is 5. The summed E-state index contributed by atoms with van der Waals surface area (Å²) in [6, 6.07) is 18.5. The van der Waals surface area contributed by atoms with Crippen LogP contribution < -0.4 is 11.5 Å². The molecule has 6 heteroatoms. The monoisotopic (exact) mass is 374 g/mol. The first-order valence-corrected chi connectivity index (χ1v) is 8.75. The predicted molar refractivity (Wildman–Crippen MR) is 106 cm³/mol. The molecule has 3 aromatic carbocycles. The molecule has 0 saturated carbocycles. The minimum absolute atomic E-state index is 0.0696. The summed E-state index contributed by atoms with van der Waals surface area (Å²) in [5.41, 5.74) is 15.6. The van der Waals surface area contributed by atoms with Crippen molar-refractivity contribution in [1.29, 1.82) is 0 Å². The number of benzene rings is 3. The molecule has 0 atom stereocenters. The maximum absolute atomic E-state index is 12.7. The van der Waals surface area contributed by atoms with Gasteiger partial charge in [0, 0.05) is 5.92 Å². The van der Waals surface area contributed by atoms with Crippen LogP contribution in [-0.2, 0) is 4.74 Å². The lowest BCUT2D eigenvalue weighted by atomic mass is 9.98. The van der Waals surface area contributed by atoms with E-state index in [2.05, 4.69) is 0 Å². The Bertz CT molecular complexity index is 1060. The van der Waals surface area contributed by atoms with E-state index < -0.39 is 11.9 Å². The molecule has 0 amide bonds. The van der Waals surface area contributed by atoms with Crippen molar-refractivity contribution in [1.82, 2.24) is 0 Å². The van der Waals surface area contributed by atoms with E-state index in [0.29, 0.717) is 0 Å². The molecule has 0 fully saturated rings. The largest absolute Gasteiger partial charge is 0.478 e. The zero-order chi connectivity index (χ0) is 19.8. The van der Waals surface area contributed by atoms with Gasteiger partial charge >= 0.3 is 11.9 Å². The molecule has 28 heavy (non-hydrogen) atoms. The molecular formula is C22H18N2O4.